The molecule has 0 aromatic heterocycles. The van der Waals surface area contributed by atoms with Crippen LogP contribution < -0.4 is 4.90 Å². The third-order valence-corrected chi connectivity index (χ3v) is 19.5. The molecule has 64 heavy (non-hydrogen) atoms. The smallest absolute Gasteiger partial charge is 0.0464 e. The average molecular weight is 858 g/mol. The van der Waals surface area contributed by atoms with E-state index in [9.17, 15) is 0 Å². The molecule has 0 unspecified atom stereocenters. The van der Waals surface area contributed by atoms with Gasteiger partial charge in [-0.1, -0.05) is 152 Å². The van der Waals surface area contributed by atoms with Gasteiger partial charge >= 0.3 is 0 Å². The van der Waals surface area contributed by atoms with E-state index in [-0.39, 0.29) is 27.1 Å². The van der Waals surface area contributed by atoms with Gasteiger partial charge in [-0.25, -0.2) is 0 Å². The number of anilines is 3. The van der Waals surface area contributed by atoms with E-state index >= 15 is 0 Å². The van der Waals surface area contributed by atoms with Gasteiger partial charge in [0.15, 0.2) is 0 Å². The third-order valence-electron chi connectivity index (χ3n) is 18.3. The van der Waals surface area contributed by atoms with Gasteiger partial charge in [-0.05, 0) is 201 Å². The van der Waals surface area contributed by atoms with Crippen molar-refractivity contribution >= 4 is 28.8 Å². The molecule has 6 aromatic carbocycles. The Morgan fingerprint density at radius 2 is 0.891 bits per heavy atom. The molecule has 13 rings (SSSR count). The van der Waals surface area contributed by atoms with Crippen molar-refractivity contribution in [2.24, 2.45) is 23.7 Å². The zero-order valence-electron chi connectivity index (χ0n) is 39.7. The molecule has 2 heteroatoms. The van der Waals surface area contributed by atoms with Gasteiger partial charge in [0.05, 0.1) is 0 Å². The van der Waals surface area contributed by atoms with Crippen molar-refractivity contribution in [1.29, 1.82) is 0 Å². The summed E-state index contributed by atoms with van der Waals surface area (Å²) >= 11 is 2.04. The van der Waals surface area contributed by atoms with Crippen molar-refractivity contribution in [3.63, 3.8) is 0 Å². The number of rotatable bonds is 5. The first kappa shape index (κ1) is 40.9. The normalized spacial score (nSPS) is 27.0. The Hall–Kier alpha value is -4.53. The second kappa shape index (κ2) is 14.2. The molecule has 1 spiro atoms. The standard InChI is InChI=1S/C62H67NS/c1-58(2)28-30-60(5,6)54-37-43(20-26-50(54)58)41-16-21-46(22-17-41)63(48-25-27-51-55(38-48)61(7,8)31-29-59(51,3)4)47-23-18-42(19-24-47)49-12-11-14-53-57(49)64-56-15-10-9-13-52(56)62(53)44-33-39-32-40(35-44)36-45(62)34-39/h9-27,37-40,44-45H,28-36H2,1-8H3. The van der Waals surface area contributed by atoms with Gasteiger partial charge in [-0.3, -0.25) is 0 Å². The van der Waals surface area contributed by atoms with Gasteiger partial charge in [0.25, 0.3) is 0 Å². The highest BCUT2D eigenvalue weighted by Gasteiger charge is 2.60. The number of fused-ring (bicyclic) bond motifs is 4. The quantitative estimate of drug-likeness (QED) is 0.170. The minimum Gasteiger partial charge on any atom is -0.310 e. The van der Waals surface area contributed by atoms with Crippen molar-refractivity contribution in [3.05, 3.63) is 161 Å². The van der Waals surface area contributed by atoms with Crippen molar-refractivity contribution in [2.45, 2.75) is 150 Å². The second-order valence-electron chi connectivity index (χ2n) is 23.9. The zero-order chi connectivity index (χ0) is 44.0. The zero-order valence-corrected chi connectivity index (χ0v) is 40.5. The fourth-order valence-electron chi connectivity index (χ4n) is 14.7. The molecule has 326 valence electrons. The monoisotopic (exact) mass is 857 g/mol. The largest absolute Gasteiger partial charge is 0.310 e. The lowest BCUT2D eigenvalue weighted by Crippen LogP contribution is -2.57. The predicted molar refractivity (Wildman–Crippen MR) is 271 cm³/mol. The molecule has 1 heterocycles. The van der Waals surface area contributed by atoms with Gasteiger partial charge in [-0.15, -0.1) is 0 Å². The van der Waals surface area contributed by atoms with Crippen LogP contribution in [0.3, 0.4) is 0 Å². The summed E-state index contributed by atoms with van der Waals surface area (Å²) in [5.41, 5.74) is 19.0. The molecule has 0 saturated heterocycles. The van der Waals surface area contributed by atoms with E-state index in [2.05, 4.69) is 188 Å². The van der Waals surface area contributed by atoms with Crippen LogP contribution in [0.5, 0.6) is 0 Å². The van der Waals surface area contributed by atoms with Crippen LogP contribution in [0.2, 0.25) is 0 Å². The van der Waals surface area contributed by atoms with Crippen molar-refractivity contribution < 1.29 is 0 Å². The summed E-state index contributed by atoms with van der Waals surface area (Å²) in [5, 5.41) is 0. The lowest BCUT2D eigenvalue weighted by Gasteiger charge is -2.63. The Labute approximate surface area is 388 Å². The summed E-state index contributed by atoms with van der Waals surface area (Å²) in [5.74, 6) is 3.37. The summed E-state index contributed by atoms with van der Waals surface area (Å²) in [6.07, 6.45) is 12.0. The van der Waals surface area contributed by atoms with Crippen molar-refractivity contribution in [1.82, 2.24) is 0 Å². The molecule has 4 bridgehead atoms. The topological polar surface area (TPSA) is 3.24 Å². The van der Waals surface area contributed by atoms with Gasteiger partial charge < -0.3 is 4.90 Å². The minimum atomic E-state index is 0.117. The maximum atomic E-state index is 2.54. The maximum Gasteiger partial charge on any atom is 0.0464 e. The summed E-state index contributed by atoms with van der Waals surface area (Å²) in [6, 6.07) is 50.6. The highest BCUT2D eigenvalue weighted by Crippen LogP contribution is 2.69. The van der Waals surface area contributed by atoms with Crippen LogP contribution in [-0.2, 0) is 27.1 Å². The number of hydrogen-bond acceptors (Lipinski definition) is 2. The fraction of sp³-hybridized carbons (Fsp3) is 0.419. The SMILES string of the molecule is CC1(C)CCC(C)(C)c2cc(-c3ccc(N(c4ccc(-c5cccc6c5Sc5ccccc5C65C6CC7CC(C6)CC5C7)cc4)c4ccc5c(c4)C(C)(C)CCC5(C)C)cc3)ccc21. The van der Waals surface area contributed by atoms with Gasteiger partial charge in [0, 0.05) is 32.3 Å². The van der Waals surface area contributed by atoms with E-state index in [4.69, 9.17) is 0 Å². The molecule has 7 aliphatic rings. The maximum absolute atomic E-state index is 2.54. The van der Waals surface area contributed by atoms with Crippen LogP contribution >= 0.6 is 11.8 Å². The van der Waals surface area contributed by atoms with E-state index < -0.39 is 0 Å². The molecule has 0 amide bonds. The molecule has 6 aromatic rings. The van der Waals surface area contributed by atoms with Crippen molar-refractivity contribution in [3.8, 4) is 22.3 Å². The van der Waals surface area contributed by atoms with E-state index in [1.165, 1.54) is 129 Å². The first-order valence-corrected chi connectivity index (χ1v) is 25.7. The highest BCUT2D eigenvalue weighted by atomic mass is 32.2. The predicted octanol–water partition coefficient (Wildman–Crippen LogP) is 17.4. The molecule has 0 N–H and O–H groups in total. The van der Waals surface area contributed by atoms with Crippen LogP contribution in [0, 0.1) is 23.7 Å². The highest BCUT2D eigenvalue weighted by molar-refractivity contribution is 7.99. The molecular weight excluding hydrogens is 791 g/mol. The Balaban J connectivity index is 0.951. The Morgan fingerprint density at radius 3 is 1.50 bits per heavy atom. The molecule has 4 saturated carbocycles. The molecule has 1 nitrogen and oxygen atoms in total. The van der Waals surface area contributed by atoms with Gasteiger partial charge in [0.2, 0.25) is 0 Å². The van der Waals surface area contributed by atoms with E-state index in [1.807, 2.05) is 11.8 Å². The lowest BCUT2D eigenvalue weighted by molar-refractivity contribution is -0.0443. The molecule has 1 aliphatic heterocycles. The van der Waals surface area contributed by atoms with Crippen LogP contribution in [0.25, 0.3) is 22.3 Å². The van der Waals surface area contributed by atoms with Crippen LogP contribution in [0.1, 0.15) is 147 Å². The number of nitrogens with zero attached hydrogens (tertiary/aromatic N) is 1. The van der Waals surface area contributed by atoms with Crippen LogP contribution in [-0.4, -0.2) is 0 Å². The molecule has 4 fully saturated rings. The van der Waals surface area contributed by atoms with Crippen LogP contribution in [0.4, 0.5) is 17.1 Å². The molecule has 6 aliphatic carbocycles. The summed E-state index contributed by atoms with van der Waals surface area (Å²) in [7, 11) is 0. The van der Waals surface area contributed by atoms with E-state index in [1.54, 1.807) is 11.1 Å². The minimum absolute atomic E-state index is 0.117. The summed E-state index contributed by atoms with van der Waals surface area (Å²) < 4.78 is 0. The molecule has 0 atom stereocenters. The van der Waals surface area contributed by atoms with Gasteiger partial charge in [-0.2, -0.15) is 0 Å². The lowest BCUT2D eigenvalue weighted by atomic mass is 9.42. The second-order valence-corrected chi connectivity index (χ2v) is 25.0. The Kier molecular flexibility index (Phi) is 9.11. The van der Waals surface area contributed by atoms with E-state index in [0.717, 1.165) is 23.7 Å². The summed E-state index contributed by atoms with van der Waals surface area (Å²) in [6.45, 7) is 19.5. The average Bonchev–Trinajstić information content (AvgIpc) is 3.28. The molecular formula is C62H67NS. The number of benzene rings is 6. The first-order chi connectivity index (χ1) is 30.6. The third kappa shape index (κ3) is 6.16. The van der Waals surface area contributed by atoms with Crippen LogP contribution in [0.15, 0.2) is 137 Å². The number of hydrogen-bond donors (Lipinski definition) is 0. The van der Waals surface area contributed by atoms with Gasteiger partial charge in [0.1, 0.15) is 0 Å². The van der Waals surface area contributed by atoms with E-state index in [0.29, 0.717) is 0 Å². The molecule has 0 radical (unpaired) electrons. The summed E-state index contributed by atoms with van der Waals surface area (Å²) in [4.78, 5) is 5.50. The first-order valence-electron chi connectivity index (χ1n) is 24.8. The van der Waals surface area contributed by atoms with Crippen molar-refractivity contribution in [2.75, 3.05) is 4.90 Å². The Morgan fingerprint density at radius 1 is 0.406 bits per heavy atom. The Bertz CT molecular complexity index is 2790. The fourth-order valence-corrected chi connectivity index (χ4v) is 16.0.